The van der Waals surface area contributed by atoms with Gasteiger partial charge in [0.25, 0.3) is 0 Å². The number of ketones is 1. The Morgan fingerprint density at radius 1 is 1.14 bits per heavy atom. The van der Waals surface area contributed by atoms with Crippen molar-refractivity contribution in [2.45, 2.75) is 0 Å². The molecule has 0 N–H and O–H groups in total. The molecule has 1 aromatic carbocycles. The molecule has 1 aromatic rings. The van der Waals surface area contributed by atoms with Crippen molar-refractivity contribution in [2.24, 2.45) is 4.99 Å². The smallest absolute Gasteiger partial charge is 0.190 e. The van der Waals surface area contributed by atoms with E-state index >= 15 is 0 Å². The zero-order valence-corrected chi connectivity index (χ0v) is 7.40. The summed E-state index contributed by atoms with van der Waals surface area (Å²) in [6.07, 6.45) is 8.98. The monoisotopic (exact) mass is 181 g/mol. The maximum atomic E-state index is 11.7. The van der Waals surface area contributed by atoms with Crippen molar-refractivity contribution in [3.05, 3.63) is 52.2 Å². The molecule has 66 valence electrons. The lowest BCUT2D eigenvalue weighted by molar-refractivity contribution is 0.104. The zero-order chi connectivity index (χ0) is 9.54. The fraction of sp³-hybridized carbons (Fsp3) is 0. The van der Waals surface area contributed by atoms with E-state index in [1.807, 2.05) is 30.4 Å². The predicted molar refractivity (Wildman–Crippen MR) is 54.2 cm³/mol. The van der Waals surface area contributed by atoms with E-state index in [1.54, 1.807) is 6.20 Å². The minimum Gasteiger partial charge on any atom is -0.289 e. The van der Waals surface area contributed by atoms with Gasteiger partial charge in [-0.3, -0.25) is 9.79 Å². The Kier molecular flexibility index (Phi) is 1.34. The van der Waals surface area contributed by atoms with Gasteiger partial charge in [-0.15, -0.1) is 0 Å². The summed E-state index contributed by atoms with van der Waals surface area (Å²) in [5.74, 6) is 0.0480. The predicted octanol–water partition coefficient (Wildman–Crippen LogP) is 0.824. The van der Waals surface area contributed by atoms with E-state index in [2.05, 4.69) is 4.99 Å². The quantitative estimate of drug-likeness (QED) is 0.582. The highest BCUT2D eigenvalue weighted by atomic mass is 16.1. The number of allylic oxidation sites excluding steroid dienone is 2. The number of hydrogen-bond donors (Lipinski definition) is 0. The number of benzene rings is 1. The van der Waals surface area contributed by atoms with Crippen molar-refractivity contribution in [2.75, 3.05) is 0 Å². The molecule has 0 spiro atoms. The summed E-state index contributed by atoms with van der Waals surface area (Å²) >= 11 is 0. The molecule has 2 aliphatic rings. The third-order valence-electron chi connectivity index (χ3n) is 2.48. The lowest BCUT2D eigenvalue weighted by atomic mass is 10.0. The van der Waals surface area contributed by atoms with E-state index < -0.39 is 0 Å². The molecule has 1 aliphatic carbocycles. The minimum atomic E-state index is 0.0480. The topological polar surface area (TPSA) is 29.4 Å². The molecule has 0 saturated heterocycles. The van der Waals surface area contributed by atoms with Crippen LogP contribution in [0.25, 0.3) is 12.2 Å². The van der Waals surface area contributed by atoms with Crippen LogP contribution in [0.2, 0.25) is 0 Å². The van der Waals surface area contributed by atoms with Crippen LogP contribution in [0.1, 0.15) is 15.9 Å². The van der Waals surface area contributed by atoms with E-state index in [1.165, 1.54) is 6.08 Å². The molecule has 2 nitrogen and oxygen atoms in total. The average Bonchev–Trinajstić information content (AvgIpc) is 2.65. The van der Waals surface area contributed by atoms with Crippen molar-refractivity contribution in [1.82, 2.24) is 0 Å². The van der Waals surface area contributed by atoms with Gasteiger partial charge < -0.3 is 0 Å². The van der Waals surface area contributed by atoms with Gasteiger partial charge in [0, 0.05) is 12.3 Å². The number of nitrogens with zero attached hydrogens (tertiary/aromatic N) is 1. The fourth-order valence-electron chi connectivity index (χ4n) is 1.83. The third kappa shape index (κ3) is 0.852. The molecular weight excluding hydrogens is 174 g/mol. The van der Waals surface area contributed by atoms with Gasteiger partial charge in [-0.25, -0.2) is 0 Å². The number of fused-ring (bicyclic) bond motifs is 3. The molecule has 3 rings (SSSR count). The summed E-state index contributed by atoms with van der Waals surface area (Å²) in [6, 6.07) is 3.88. The van der Waals surface area contributed by atoms with Gasteiger partial charge in [0.15, 0.2) is 5.78 Å². The number of rotatable bonds is 0. The molecule has 1 heterocycles. The summed E-state index contributed by atoms with van der Waals surface area (Å²) in [5.41, 5.74) is 1.73. The zero-order valence-electron chi connectivity index (χ0n) is 7.40. The van der Waals surface area contributed by atoms with E-state index in [0.717, 1.165) is 21.7 Å². The highest BCUT2D eigenvalue weighted by Gasteiger charge is 2.14. The summed E-state index contributed by atoms with van der Waals surface area (Å²) in [6.45, 7) is 0. The van der Waals surface area contributed by atoms with Crippen LogP contribution in [0, 0.1) is 0 Å². The van der Waals surface area contributed by atoms with E-state index in [4.69, 9.17) is 0 Å². The summed E-state index contributed by atoms with van der Waals surface area (Å²) in [4.78, 5) is 15.8. The molecule has 0 fully saturated rings. The SMILES string of the molecule is O=C1C=CN=c2ccc3c(c21)C=CC=3. The molecule has 0 unspecified atom stereocenters. The minimum absolute atomic E-state index is 0.0480. The van der Waals surface area contributed by atoms with E-state index in [-0.39, 0.29) is 5.78 Å². The van der Waals surface area contributed by atoms with Gasteiger partial charge in [-0.1, -0.05) is 24.3 Å². The highest BCUT2D eigenvalue weighted by Crippen LogP contribution is 2.09. The van der Waals surface area contributed by atoms with Crippen LogP contribution in [0.4, 0.5) is 0 Å². The van der Waals surface area contributed by atoms with E-state index in [0.29, 0.717) is 0 Å². The second kappa shape index (κ2) is 2.51. The van der Waals surface area contributed by atoms with Gasteiger partial charge in [-0.05, 0) is 16.8 Å². The molecule has 0 atom stereocenters. The van der Waals surface area contributed by atoms with Crippen molar-refractivity contribution >= 4 is 17.9 Å². The Morgan fingerprint density at radius 2 is 2.07 bits per heavy atom. The molecule has 0 aromatic heterocycles. The van der Waals surface area contributed by atoms with Gasteiger partial charge in [-0.2, -0.15) is 0 Å². The number of hydrogen-bond acceptors (Lipinski definition) is 2. The molecule has 1 aliphatic heterocycles. The first-order valence-electron chi connectivity index (χ1n) is 4.46. The standard InChI is InChI=1S/C12H7NO/c14-11-6-7-13-10-5-4-8-2-1-3-9(8)12(10)11/h1-7H. The van der Waals surface area contributed by atoms with Crippen LogP contribution in [0.3, 0.4) is 0 Å². The van der Waals surface area contributed by atoms with Crippen molar-refractivity contribution < 1.29 is 4.79 Å². The molecule has 14 heavy (non-hydrogen) atoms. The van der Waals surface area contributed by atoms with Crippen LogP contribution >= 0.6 is 0 Å². The van der Waals surface area contributed by atoms with Crippen LogP contribution in [-0.2, 0) is 0 Å². The summed E-state index contributed by atoms with van der Waals surface area (Å²) in [5, 5.41) is 1.87. The normalized spacial score (nSPS) is 15.9. The van der Waals surface area contributed by atoms with Gasteiger partial charge in [0.05, 0.1) is 10.9 Å². The Labute approximate surface area is 80.6 Å². The number of carbonyl (C=O) groups excluding carboxylic acids is 1. The van der Waals surface area contributed by atoms with Gasteiger partial charge in [0.1, 0.15) is 0 Å². The summed E-state index contributed by atoms with van der Waals surface area (Å²) < 4.78 is 0. The van der Waals surface area contributed by atoms with Crippen LogP contribution in [-0.4, -0.2) is 5.78 Å². The molecule has 0 saturated carbocycles. The molecule has 0 radical (unpaired) electrons. The maximum Gasteiger partial charge on any atom is 0.190 e. The van der Waals surface area contributed by atoms with Crippen molar-refractivity contribution in [3.8, 4) is 0 Å². The van der Waals surface area contributed by atoms with Crippen LogP contribution < -0.4 is 10.6 Å². The Balaban J connectivity index is 2.52. The van der Waals surface area contributed by atoms with Crippen LogP contribution in [0.5, 0.6) is 0 Å². The van der Waals surface area contributed by atoms with Crippen molar-refractivity contribution in [1.29, 1.82) is 0 Å². The van der Waals surface area contributed by atoms with Crippen molar-refractivity contribution in [3.63, 3.8) is 0 Å². The third-order valence-corrected chi connectivity index (χ3v) is 2.48. The lowest BCUT2D eigenvalue weighted by Gasteiger charge is -2.04. The fourth-order valence-corrected chi connectivity index (χ4v) is 1.83. The molecule has 0 amide bonds. The Hall–Kier alpha value is -1.96. The average molecular weight is 181 g/mol. The molecular formula is C12H7NO. The number of carbonyl (C=O) groups is 1. The highest BCUT2D eigenvalue weighted by molar-refractivity contribution is 6.07. The largest absolute Gasteiger partial charge is 0.289 e. The first-order chi connectivity index (χ1) is 6.86. The molecule has 0 bridgehead atoms. The second-order valence-electron chi connectivity index (χ2n) is 3.30. The first kappa shape index (κ1) is 7.44. The maximum absolute atomic E-state index is 11.7. The van der Waals surface area contributed by atoms with Crippen LogP contribution in [0.15, 0.2) is 35.5 Å². The first-order valence-corrected chi connectivity index (χ1v) is 4.46. The van der Waals surface area contributed by atoms with Gasteiger partial charge >= 0.3 is 0 Å². The Bertz CT molecular complexity index is 606. The molecule has 2 heteroatoms. The van der Waals surface area contributed by atoms with E-state index in [9.17, 15) is 4.79 Å². The lowest BCUT2D eigenvalue weighted by Crippen LogP contribution is -2.23. The summed E-state index contributed by atoms with van der Waals surface area (Å²) in [7, 11) is 0. The van der Waals surface area contributed by atoms with Gasteiger partial charge in [0.2, 0.25) is 0 Å². The Morgan fingerprint density at radius 3 is 3.00 bits per heavy atom. The second-order valence-corrected chi connectivity index (χ2v) is 3.30.